The molecule has 8 heteroatoms. The van der Waals surface area contributed by atoms with Gasteiger partial charge in [0.2, 0.25) is 0 Å². The molecule has 0 bridgehead atoms. The molecule has 114 valence electrons. The fraction of sp³-hybridized carbons (Fsp3) is 0.214. The summed E-state index contributed by atoms with van der Waals surface area (Å²) in [6.45, 7) is 2.14. The molecule has 0 atom stereocenters. The molecule has 1 amide bonds. The van der Waals surface area contributed by atoms with Crippen LogP contribution >= 0.6 is 22.9 Å². The normalized spacial score (nSPS) is 11.0. The number of carbonyl (C=O) groups excluding carboxylic acids is 1. The summed E-state index contributed by atoms with van der Waals surface area (Å²) in [4.78, 5) is 26.3. The molecule has 3 N–H and O–H groups in total. The van der Waals surface area contributed by atoms with Crippen molar-refractivity contribution < 1.29 is 4.79 Å². The molecule has 0 saturated carbocycles. The standard InChI is InChI=1S/C14H14ClN5OS/c1-7-12(22-14(16)17-7)13(21)20(2)6-11-18-9-4-3-8(15)5-10(9)19-11/h3-5H,6H2,1-2H3,(H2,16,17)(H,18,19). The molecule has 1 aromatic carbocycles. The maximum absolute atomic E-state index is 12.4. The van der Waals surface area contributed by atoms with E-state index in [9.17, 15) is 4.79 Å². The molecule has 0 aliphatic rings. The lowest BCUT2D eigenvalue weighted by Crippen LogP contribution is -2.26. The van der Waals surface area contributed by atoms with Crippen LogP contribution in [0.4, 0.5) is 5.13 Å². The molecule has 6 nitrogen and oxygen atoms in total. The second-order valence-corrected chi connectivity index (χ2v) is 6.44. The van der Waals surface area contributed by atoms with Crippen molar-refractivity contribution in [3.63, 3.8) is 0 Å². The number of halogens is 1. The highest BCUT2D eigenvalue weighted by Gasteiger charge is 2.19. The minimum absolute atomic E-state index is 0.120. The summed E-state index contributed by atoms with van der Waals surface area (Å²) < 4.78 is 0. The lowest BCUT2D eigenvalue weighted by Gasteiger charge is -2.14. The molecule has 22 heavy (non-hydrogen) atoms. The van der Waals surface area contributed by atoms with Gasteiger partial charge < -0.3 is 15.6 Å². The van der Waals surface area contributed by atoms with Gasteiger partial charge in [0.05, 0.1) is 23.3 Å². The van der Waals surface area contributed by atoms with Crippen LogP contribution in [0.15, 0.2) is 18.2 Å². The van der Waals surface area contributed by atoms with E-state index in [2.05, 4.69) is 15.0 Å². The predicted octanol–water partition coefficient (Wildman–Crippen LogP) is 2.84. The molecule has 0 aliphatic carbocycles. The van der Waals surface area contributed by atoms with E-state index in [-0.39, 0.29) is 5.91 Å². The molecule has 0 unspecified atom stereocenters. The van der Waals surface area contributed by atoms with Crippen molar-refractivity contribution in [2.75, 3.05) is 12.8 Å². The average molecular weight is 336 g/mol. The highest BCUT2D eigenvalue weighted by molar-refractivity contribution is 7.17. The smallest absolute Gasteiger partial charge is 0.266 e. The van der Waals surface area contributed by atoms with E-state index in [1.54, 1.807) is 24.9 Å². The largest absolute Gasteiger partial charge is 0.375 e. The van der Waals surface area contributed by atoms with Crippen molar-refractivity contribution in [2.24, 2.45) is 0 Å². The first kappa shape index (κ1) is 14.8. The summed E-state index contributed by atoms with van der Waals surface area (Å²) in [7, 11) is 1.72. The van der Waals surface area contributed by atoms with Crippen molar-refractivity contribution in [3.8, 4) is 0 Å². The number of imidazole rings is 1. The number of carbonyl (C=O) groups is 1. The molecule has 0 fully saturated rings. The van der Waals surface area contributed by atoms with Gasteiger partial charge in [0.1, 0.15) is 10.7 Å². The number of aromatic amines is 1. The first-order chi connectivity index (χ1) is 10.4. The third-order valence-electron chi connectivity index (χ3n) is 3.23. The summed E-state index contributed by atoms with van der Waals surface area (Å²) in [6.07, 6.45) is 0. The topological polar surface area (TPSA) is 87.9 Å². The predicted molar refractivity (Wildman–Crippen MR) is 88.2 cm³/mol. The Morgan fingerprint density at radius 2 is 2.23 bits per heavy atom. The van der Waals surface area contributed by atoms with Crippen molar-refractivity contribution in [1.29, 1.82) is 0 Å². The lowest BCUT2D eigenvalue weighted by atomic mass is 10.3. The van der Waals surface area contributed by atoms with E-state index in [1.165, 1.54) is 11.3 Å². The summed E-state index contributed by atoms with van der Waals surface area (Å²) >= 11 is 7.15. The highest BCUT2D eigenvalue weighted by Crippen LogP contribution is 2.22. The second-order valence-electron chi connectivity index (χ2n) is 4.97. The van der Waals surface area contributed by atoms with Crippen LogP contribution in [0.1, 0.15) is 21.2 Å². The van der Waals surface area contributed by atoms with E-state index in [4.69, 9.17) is 17.3 Å². The molecule has 0 spiro atoms. The number of hydrogen-bond donors (Lipinski definition) is 2. The molecule has 0 radical (unpaired) electrons. The molecule has 2 heterocycles. The summed E-state index contributed by atoms with van der Waals surface area (Å²) in [6, 6.07) is 5.43. The maximum atomic E-state index is 12.4. The van der Waals surface area contributed by atoms with Gasteiger partial charge in [-0.2, -0.15) is 0 Å². The van der Waals surface area contributed by atoms with E-state index < -0.39 is 0 Å². The van der Waals surface area contributed by atoms with Crippen LogP contribution in [0.5, 0.6) is 0 Å². The van der Waals surface area contributed by atoms with Crippen LogP contribution < -0.4 is 5.73 Å². The summed E-state index contributed by atoms with van der Waals surface area (Å²) in [5.41, 5.74) is 7.96. The van der Waals surface area contributed by atoms with Gasteiger partial charge >= 0.3 is 0 Å². The van der Waals surface area contributed by atoms with Crippen LogP contribution in [0, 0.1) is 6.92 Å². The van der Waals surface area contributed by atoms with Crippen molar-refractivity contribution >= 4 is 45.0 Å². The average Bonchev–Trinajstić information content (AvgIpc) is 2.99. The zero-order valence-corrected chi connectivity index (χ0v) is 13.6. The van der Waals surface area contributed by atoms with Crippen molar-refractivity contribution in [2.45, 2.75) is 13.5 Å². The minimum Gasteiger partial charge on any atom is -0.375 e. The molecule has 3 aromatic rings. The van der Waals surface area contributed by atoms with Gasteiger partial charge in [0.15, 0.2) is 5.13 Å². The first-order valence-electron chi connectivity index (χ1n) is 6.56. The number of thiazole rings is 1. The van der Waals surface area contributed by atoms with Crippen LogP contribution in [-0.4, -0.2) is 32.8 Å². The number of benzene rings is 1. The molecule has 3 rings (SSSR count). The third-order valence-corrected chi connectivity index (χ3v) is 4.44. The van der Waals surface area contributed by atoms with Crippen LogP contribution in [0.3, 0.4) is 0 Å². The summed E-state index contributed by atoms with van der Waals surface area (Å²) in [5.74, 6) is 0.577. The van der Waals surface area contributed by atoms with Gasteiger partial charge in [-0.25, -0.2) is 9.97 Å². The van der Waals surface area contributed by atoms with Gasteiger partial charge in [0, 0.05) is 12.1 Å². The molecule has 2 aromatic heterocycles. The van der Waals surface area contributed by atoms with Gasteiger partial charge in [-0.3, -0.25) is 4.79 Å². The molecule has 0 saturated heterocycles. The fourth-order valence-electron chi connectivity index (χ4n) is 2.20. The number of H-pyrrole nitrogens is 1. The molecular formula is C14H14ClN5OS. The Labute approximate surface area is 135 Å². The van der Waals surface area contributed by atoms with Gasteiger partial charge in [-0.05, 0) is 25.1 Å². The number of rotatable bonds is 3. The number of nitrogens with two attached hydrogens (primary N) is 1. The van der Waals surface area contributed by atoms with Gasteiger partial charge in [-0.15, -0.1) is 0 Å². The van der Waals surface area contributed by atoms with Crippen LogP contribution in [0.25, 0.3) is 11.0 Å². The van der Waals surface area contributed by atoms with Crippen LogP contribution in [0.2, 0.25) is 5.02 Å². The first-order valence-corrected chi connectivity index (χ1v) is 7.76. The van der Waals surface area contributed by atoms with Crippen molar-refractivity contribution in [1.82, 2.24) is 19.9 Å². The Balaban J connectivity index is 1.81. The zero-order valence-electron chi connectivity index (χ0n) is 12.1. The van der Waals surface area contributed by atoms with Crippen LogP contribution in [-0.2, 0) is 6.54 Å². The lowest BCUT2D eigenvalue weighted by molar-refractivity contribution is 0.0786. The van der Waals surface area contributed by atoms with E-state index in [0.717, 1.165) is 11.0 Å². The molecule has 0 aliphatic heterocycles. The van der Waals surface area contributed by atoms with Gasteiger partial charge in [-0.1, -0.05) is 22.9 Å². The number of nitrogens with zero attached hydrogens (tertiary/aromatic N) is 3. The number of hydrogen-bond acceptors (Lipinski definition) is 5. The zero-order chi connectivity index (χ0) is 15.9. The number of fused-ring (bicyclic) bond motifs is 1. The Bertz CT molecular complexity index is 856. The third kappa shape index (κ3) is 2.77. The molecular weight excluding hydrogens is 322 g/mol. The quantitative estimate of drug-likeness (QED) is 0.770. The van der Waals surface area contributed by atoms with E-state index in [0.29, 0.717) is 33.1 Å². The van der Waals surface area contributed by atoms with Gasteiger partial charge in [0.25, 0.3) is 5.91 Å². The van der Waals surface area contributed by atoms with E-state index in [1.807, 2.05) is 12.1 Å². The number of aryl methyl sites for hydroxylation is 1. The minimum atomic E-state index is -0.120. The SMILES string of the molecule is Cc1nc(N)sc1C(=O)N(C)Cc1nc2ccc(Cl)cc2[nH]1. The number of nitrogens with one attached hydrogen (secondary N) is 1. The number of nitrogen functional groups attached to an aromatic ring is 1. The Morgan fingerprint density at radius 1 is 1.45 bits per heavy atom. The highest BCUT2D eigenvalue weighted by atomic mass is 35.5. The monoisotopic (exact) mass is 335 g/mol. The number of amides is 1. The van der Waals surface area contributed by atoms with E-state index >= 15 is 0 Å². The number of anilines is 1. The van der Waals surface area contributed by atoms with Crippen molar-refractivity contribution in [3.05, 3.63) is 39.6 Å². The Morgan fingerprint density at radius 3 is 2.91 bits per heavy atom. The fourth-order valence-corrected chi connectivity index (χ4v) is 3.20. The maximum Gasteiger partial charge on any atom is 0.266 e. The summed E-state index contributed by atoms with van der Waals surface area (Å²) in [5, 5.41) is 1.04. The Hall–Kier alpha value is -2.12. The second kappa shape index (κ2) is 5.58. The Kier molecular flexibility index (Phi) is 3.76. The number of aromatic nitrogens is 3.